The van der Waals surface area contributed by atoms with E-state index in [-0.39, 0.29) is 11.1 Å². The monoisotopic (exact) mass is 255 g/mol. The van der Waals surface area contributed by atoms with E-state index in [0.717, 1.165) is 0 Å². The molecule has 6 heteroatoms. The van der Waals surface area contributed by atoms with Crippen LogP contribution in [0.3, 0.4) is 0 Å². The fourth-order valence-corrected chi connectivity index (χ4v) is 2.60. The Bertz CT molecular complexity index is 412. The first-order valence-electron chi connectivity index (χ1n) is 5.18. The molecule has 3 N–H and O–H groups in total. The lowest BCUT2D eigenvalue weighted by Crippen LogP contribution is -2.38. The van der Waals surface area contributed by atoms with Crippen LogP contribution in [0.2, 0.25) is 0 Å². The van der Waals surface area contributed by atoms with Crippen molar-refractivity contribution < 1.29 is 19.7 Å². The summed E-state index contributed by atoms with van der Waals surface area (Å²) in [5.74, 6) is 0.186. The molecule has 1 aromatic rings. The van der Waals surface area contributed by atoms with Gasteiger partial charge < -0.3 is 14.9 Å². The van der Waals surface area contributed by atoms with Crippen molar-refractivity contribution in [3.05, 3.63) is 24.3 Å². The quantitative estimate of drug-likeness (QED) is 0.741. The number of phenolic OH excluding ortho intramolecular Hbond substituents is 1. The lowest BCUT2D eigenvalue weighted by molar-refractivity contribution is -0.138. The first-order chi connectivity index (χ1) is 8.16. The average molecular weight is 255 g/mol. The van der Waals surface area contributed by atoms with Crippen LogP contribution in [0.5, 0.6) is 11.5 Å². The molecule has 0 spiro atoms. The van der Waals surface area contributed by atoms with Crippen molar-refractivity contribution in [3.63, 3.8) is 0 Å². The van der Waals surface area contributed by atoms with Crippen molar-refractivity contribution in [1.29, 1.82) is 0 Å². The number of phenols is 1. The van der Waals surface area contributed by atoms with Crippen molar-refractivity contribution >= 4 is 17.7 Å². The second kappa shape index (κ2) is 5.29. The van der Waals surface area contributed by atoms with Gasteiger partial charge in [0.2, 0.25) is 0 Å². The number of carboxylic acids is 1. The summed E-state index contributed by atoms with van der Waals surface area (Å²) in [5, 5.41) is 21.2. The minimum atomic E-state index is -0.845. The van der Waals surface area contributed by atoms with Crippen molar-refractivity contribution in [2.24, 2.45) is 0 Å². The van der Waals surface area contributed by atoms with E-state index < -0.39 is 12.0 Å². The highest BCUT2D eigenvalue weighted by Gasteiger charge is 2.29. The Morgan fingerprint density at radius 2 is 2.29 bits per heavy atom. The van der Waals surface area contributed by atoms with Crippen LogP contribution in [0.25, 0.3) is 0 Å². The SMILES string of the molecule is O=C(O)[C@@H]1CS[C@H](COc2ccccc2O)N1. The van der Waals surface area contributed by atoms with Crippen molar-refractivity contribution in [1.82, 2.24) is 5.32 Å². The molecular weight excluding hydrogens is 242 g/mol. The van der Waals surface area contributed by atoms with E-state index in [1.807, 2.05) is 0 Å². The fourth-order valence-electron chi connectivity index (χ4n) is 1.52. The highest BCUT2D eigenvalue weighted by molar-refractivity contribution is 8.00. The zero-order valence-corrected chi connectivity index (χ0v) is 9.81. The molecule has 0 amide bonds. The van der Waals surface area contributed by atoms with Gasteiger partial charge in [0, 0.05) is 5.75 Å². The summed E-state index contributed by atoms with van der Waals surface area (Å²) >= 11 is 1.51. The second-order valence-corrected chi connectivity index (χ2v) is 4.89. The number of hydrogen-bond acceptors (Lipinski definition) is 5. The summed E-state index contributed by atoms with van der Waals surface area (Å²) < 4.78 is 5.42. The fraction of sp³-hybridized carbons (Fsp3) is 0.364. The van der Waals surface area contributed by atoms with Gasteiger partial charge in [-0.05, 0) is 12.1 Å². The van der Waals surface area contributed by atoms with Gasteiger partial charge in [-0.2, -0.15) is 0 Å². The van der Waals surface area contributed by atoms with Crippen LogP contribution in [0.4, 0.5) is 0 Å². The second-order valence-electron chi connectivity index (χ2n) is 3.66. The highest BCUT2D eigenvalue weighted by Crippen LogP contribution is 2.26. The lowest BCUT2D eigenvalue weighted by atomic mass is 10.3. The standard InChI is InChI=1S/C11H13NO4S/c13-8-3-1-2-4-9(8)16-5-10-12-7(6-17-10)11(14)15/h1-4,7,10,12-13H,5-6H2,(H,14,15)/t7-,10+/m0/s1. The van der Waals surface area contributed by atoms with Gasteiger partial charge in [0.05, 0.1) is 5.37 Å². The number of thioether (sulfide) groups is 1. The minimum Gasteiger partial charge on any atom is -0.504 e. The van der Waals surface area contributed by atoms with Gasteiger partial charge in [-0.25, -0.2) is 0 Å². The number of carboxylic acid groups (broad SMARTS) is 1. The number of rotatable bonds is 4. The molecule has 5 nitrogen and oxygen atoms in total. The van der Waals surface area contributed by atoms with E-state index in [4.69, 9.17) is 9.84 Å². The van der Waals surface area contributed by atoms with Crippen LogP contribution in [-0.4, -0.2) is 40.0 Å². The third-order valence-corrected chi connectivity index (χ3v) is 3.61. The number of benzene rings is 1. The van der Waals surface area contributed by atoms with E-state index in [2.05, 4.69) is 5.32 Å². The van der Waals surface area contributed by atoms with Gasteiger partial charge in [0.25, 0.3) is 0 Å². The number of ether oxygens (including phenoxy) is 1. The minimum absolute atomic E-state index is 0.0595. The number of carbonyl (C=O) groups is 1. The van der Waals surface area contributed by atoms with Crippen LogP contribution in [0.1, 0.15) is 0 Å². The summed E-state index contributed by atoms with van der Waals surface area (Å²) in [4.78, 5) is 10.7. The maximum absolute atomic E-state index is 10.7. The number of aromatic hydroxyl groups is 1. The number of aliphatic carboxylic acids is 1. The largest absolute Gasteiger partial charge is 0.504 e. The topological polar surface area (TPSA) is 78.8 Å². The highest BCUT2D eigenvalue weighted by atomic mass is 32.2. The number of para-hydroxylation sites is 2. The molecule has 1 fully saturated rings. The van der Waals surface area contributed by atoms with Crippen LogP contribution in [0.15, 0.2) is 24.3 Å². The predicted octanol–water partition coefficient (Wildman–Crippen LogP) is 0.887. The molecule has 0 saturated carbocycles. The van der Waals surface area contributed by atoms with Gasteiger partial charge in [-0.15, -0.1) is 11.8 Å². The maximum atomic E-state index is 10.7. The third kappa shape index (κ3) is 3.04. The van der Waals surface area contributed by atoms with Gasteiger partial charge in [0.15, 0.2) is 11.5 Å². The lowest BCUT2D eigenvalue weighted by Gasteiger charge is -2.13. The van der Waals surface area contributed by atoms with E-state index in [0.29, 0.717) is 18.1 Å². The smallest absolute Gasteiger partial charge is 0.321 e. The number of hydrogen-bond donors (Lipinski definition) is 3. The molecule has 1 aliphatic heterocycles. The van der Waals surface area contributed by atoms with Crippen LogP contribution >= 0.6 is 11.8 Å². The Hall–Kier alpha value is -1.40. The molecule has 2 rings (SSSR count). The van der Waals surface area contributed by atoms with E-state index in [9.17, 15) is 9.90 Å². The Labute approximate surface area is 103 Å². The van der Waals surface area contributed by atoms with Gasteiger partial charge in [-0.3, -0.25) is 10.1 Å². The molecule has 17 heavy (non-hydrogen) atoms. The molecule has 0 unspecified atom stereocenters. The molecule has 92 valence electrons. The summed E-state index contributed by atoms with van der Waals surface area (Å²) in [5.41, 5.74) is 0. The maximum Gasteiger partial charge on any atom is 0.321 e. The van der Waals surface area contributed by atoms with E-state index in [1.165, 1.54) is 11.8 Å². The average Bonchev–Trinajstić information content (AvgIpc) is 2.77. The zero-order valence-electron chi connectivity index (χ0n) is 9.00. The molecule has 2 atom stereocenters. The van der Waals surface area contributed by atoms with Gasteiger partial charge >= 0.3 is 5.97 Å². The zero-order chi connectivity index (χ0) is 12.3. The molecule has 1 aliphatic rings. The summed E-state index contributed by atoms with van der Waals surface area (Å²) in [6.07, 6.45) is 0. The summed E-state index contributed by atoms with van der Waals surface area (Å²) in [7, 11) is 0. The summed E-state index contributed by atoms with van der Waals surface area (Å²) in [6, 6.07) is 6.18. The van der Waals surface area contributed by atoms with Crippen molar-refractivity contribution in [2.45, 2.75) is 11.4 Å². The Kier molecular flexibility index (Phi) is 3.75. The first-order valence-corrected chi connectivity index (χ1v) is 6.23. The van der Waals surface area contributed by atoms with E-state index in [1.54, 1.807) is 24.3 Å². The molecule has 0 bridgehead atoms. The van der Waals surface area contributed by atoms with Crippen LogP contribution in [0, 0.1) is 0 Å². The molecule has 1 heterocycles. The Morgan fingerprint density at radius 1 is 1.53 bits per heavy atom. The predicted molar refractivity (Wildman–Crippen MR) is 64.4 cm³/mol. The van der Waals surface area contributed by atoms with Gasteiger partial charge in [-0.1, -0.05) is 12.1 Å². The Balaban J connectivity index is 1.84. The van der Waals surface area contributed by atoms with Gasteiger partial charge in [0.1, 0.15) is 12.6 Å². The van der Waals surface area contributed by atoms with Crippen LogP contribution in [-0.2, 0) is 4.79 Å². The van der Waals surface area contributed by atoms with Crippen molar-refractivity contribution in [3.8, 4) is 11.5 Å². The molecule has 1 aromatic carbocycles. The Morgan fingerprint density at radius 3 is 2.94 bits per heavy atom. The van der Waals surface area contributed by atoms with Crippen molar-refractivity contribution in [2.75, 3.05) is 12.4 Å². The molecule has 0 aromatic heterocycles. The molecule has 0 aliphatic carbocycles. The normalized spacial score (nSPS) is 23.5. The van der Waals surface area contributed by atoms with E-state index >= 15 is 0 Å². The number of nitrogens with one attached hydrogen (secondary N) is 1. The third-order valence-electron chi connectivity index (χ3n) is 2.40. The summed E-state index contributed by atoms with van der Waals surface area (Å²) in [6.45, 7) is 0.325. The van der Waals surface area contributed by atoms with Crippen LogP contribution < -0.4 is 10.1 Å². The molecular formula is C11H13NO4S. The molecule has 0 radical (unpaired) electrons. The molecule has 1 saturated heterocycles. The first kappa shape index (κ1) is 12.1.